The van der Waals surface area contributed by atoms with Gasteiger partial charge in [0.2, 0.25) is 0 Å². The molecule has 2 unspecified atom stereocenters. The van der Waals surface area contributed by atoms with E-state index in [9.17, 15) is 9.90 Å². The number of rotatable bonds is 5. The zero-order valence-electron chi connectivity index (χ0n) is 13.7. The molecule has 1 aromatic heterocycles. The minimum atomic E-state index is -0.755. The summed E-state index contributed by atoms with van der Waals surface area (Å²) in [5.74, 6) is 0.0155. The molecule has 1 saturated heterocycles. The predicted octanol–water partition coefficient (Wildman–Crippen LogP) is 5.31. The quantitative estimate of drug-likeness (QED) is 0.619. The fourth-order valence-corrected chi connectivity index (χ4v) is 5.36. The number of piperidine rings is 1. The van der Waals surface area contributed by atoms with Crippen LogP contribution in [0.25, 0.3) is 0 Å². The number of ether oxygens (including phenoxy) is 1. The zero-order chi connectivity index (χ0) is 18.0. The van der Waals surface area contributed by atoms with Gasteiger partial charge in [0.05, 0.1) is 16.9 Å². The summed E-state index contributed by atoms with van der Waals surface area (Å²) in [6, 6.07) is 9.34. The second-order valence-corrected chi connectivity index (χ2v) is 9.43. The molecule has 0 radical (unpaired) electrons. The first kappa shape index (κ1) is 18.9. The van der Waals surface area contributed by atoms with E-state index >= 15 is 0 Å². The van der Waals surface area contributed by atoms with Crippen LogP contribution >= 0.6 is 43.2 Å². The molecule has 0 amide bonds. The molecule has 0 spiro atoms. The van der Waals surface area contributed by atoms with Crippen LogP contribution in [-0.4, -0.2) is 35.7 Å². The second-order valence-electron chi connectivity index (χ2n) is 6.02. The average molecular weight is 489 g/mol. The van der Waals surface area contributed by atoms with Crippen LogP contribution < -0.4 is 4.74 Å². The Labute approximate surface area is 168 Å². The maximum absolute atomic E-state index is 11.9. The number of carboxylic acid groups (broad SMARTS) is 1. The molecule has 25 heavy (non-hydrogen) atoms. The summed E-state index contributed by atoms with van der Waals surface area (Å²) in [5, 5.41) is 9.75. The number of carboxylic acids is 1. The molecular formula is C18H19Br2NO3S. The smallest absolute Gasteiger partial charge is 0.320 e. The molecule has 1 aliphatic rings. The van der Waals surface area contributed by atoms with Gasteiger partial charge < -0.3 is 9.84 Å². The van der Waals surface area contributed by atoms with Crippen molar-refractivity contribution in [2.75, 3.05) is 13.7 Å². The number of hydrogen-bond donors (Lipinski definition) is 1. The van der Waals surface area contributed by atoms with Crippen LogP contribution in [0.2, 0.25) is 0 Å². The molecule has 1 N–H and O–H groups in total. The fraction of sp³-hybridized carbons (Fsp3) is 0.389. The highest BCUT2D eigenvalue weighted by Crippen LogP contribution is 2.42. The molecule has 1 fully saturated rings. The Kier molecular flexibility index (Phi) is 6.20. The number of nitrogens with zero attached hydrogens (tertiary/aromatic N) is 1. The lowest BCUT2D eigenvalue weighted by Gasteiger charge is -2.39. The molecule has 7 heteroatoms. The Morgan fingerprint density at radius 2 is 2.12 bits per heavy atom. The highest BCUT2D eigenvalue weighted by atomic mass is 79.9. The number of benzene rings is 1. The molecule has 2 heterocycles. The Morgan fingerprint density at radius 1 is 1.32 bits per heavy atom. The van der Waals surface area contributed by atoms with E-state index in [-0.39, 0.29) is 6.04 Å². The van der Waals surface area contributed by atoms with E-state index in [1.807, 2.05) is 24.3 Å². The first-order valence-corrected chi connectivity index (χ1v) is 10.5. The topological polar surface area (TPSA) is 49.8 Å². The van der Waals surface area contributed by atoms with Crippen molar-refractivity contribution in [3.8, 4) is 5.75 Å². The first-order chi connectivity index (χ1) is 12.0. The third-order valence-electron chi connectivity index (χ3n) is 4.51. The summed E-state index contributed by atoms with van der Waals surface area (Å²) in [5.41, 5.74) is 0.986. The highest BCUT2D eigenvalue weighted by molar-refractivity contribution is 9.11. The van der Waals surface area contributed by atoms with E-state index in [1.54, 1.807) is 18.4 Å². The van der Waals surface area contributed by atoms with Gasteiger partial charge in [-0.25, -0.2) is 0 Å². The third kappa shape index (κ3) is 4.10. The number of halogens is 2. The molecule has 2 aromatic rings. The maximum Gasteiger partial charge on any atom is 0.320 e. The standard InChI is InChI=1S/C18H19Br2NO3S/c1-24-14-6-5-11(19)10-12(14)17(15-7-8-16(20)25-15)21-9-3-2-4-13(21)18(22)23/h5-8,10,13,17H,2-4,9H2,1H3,(H,22,23). The number of aliphatic carboxylic acids is 1. The van der Waals surface area contributed by atoms with Crippen molar-refractivity contribution >= 4 is 49.2 Å². The maximum atomic E-state index is 11.9. The van der Waals surface area contributed by atoms with Crippen LogP contribution in [0.3, 0.4) is 0 Å². The zero-order valence-corrected chi connectivity index (χ0v) is 17.7. The van der Waals surface area contributed by atoms with Crippen molar-refractivity contribution in [2.45, 2.75) is 31.3 Å². The van der Waals surface area contributed by atoms with Gasteiger partial charge in [0.15, 0.2) is 0 Å². The van der Waals surface area contributed by atoms with Gasteiger partial charge in [-0.2, -0.15) is 0 Å². The van der Waals surface area contributed by atoms with E-state index in [0.717, 1.165) is 43.8 Å². The SMILES string of the molecule is COc1ccc(Br)cc1C(c1ccc(Br)s1)N1CCCCC1C(=O)O. The summed E-state index contributed by atoms with van der Waals surface area (Å²) in [4.78, 5) is 15.1. The molecule has 0 bridgehead atoms. The number of thiophene rings is 1. The summed E-state index contributed by atoms with van der Waals surface area (Å²) >= 11 is 8.71. The van der Waals surface area contributed by atoms with Crippen LogP contribution in [-0.2, 0) is 4.79 Å². The summed E-state index contributed by atoms with van der Waals surface area (Å²) in [7, 11) is 1.65. The monoisotopic (exact) mass is 487 g/mol. The molecule has 2 atom stereocenters. The number of likely N-dealkylation sites (tertiary alicyclic amines) is 1. The van der Waals surface area contributed by atoms with Crippen molar-refractivity contribution in [3.05, 3.63) is 49.0 Å². The Morgan fingerprint density at radius 3 is 2.76 bits per heavy atom. The molecule has 0 aliphatic carbocycles. The van der Waals surface area contributed by atoms with Crippen LogP contribution in [0.15, 0.2) is 38.6 Å². The van der Waals surface area contributed by atoms with Gasteiger partial charge in [0.1, 0.15) is 11.8 Å². The lowest BCUT2D eigenvalue weighted by molar-refractivity contribution is -0.145. The van der Waals surface area contributed by atoms with E-state index in [2.05, 4.69) is 42.8 Å². The lowest BCUT2D eigenvalue weighted by Crippen LogP contribution is -2.46. The normalized spacial score (nSPS) is 19.6. The second kappa shape index (κ2) is 8.20. The molecular weight excluding hydrogens is 470 g/mol. The minimum absolute atomic E-state index is 0.148. The largest absolute Gasteiger partial charge is 0.496 e. The van der Waals surface area contributed by atoms with Crippen molar-refractivity contribution in [1.29, 1.82) is 0 Å². The van der Waals surface area contributed by atoms with Crippen molar-refractivity contribution in [2.24, 2.45) is 0 Å². The van der Waals surface area contributed by atoms with Gasteiger partial charge >= 0.3 is 5.97 Å². The molecule has 0 saturated carbocycles. The van der Waals surface area contributed by atoms with Gasteiger partial charge in [0.25, 0.3) is 0 Å². The van der Waals surface area contributed by atoms with Gasteiger partial charge in [-0.3, -0.25) is 9.69 Å². The Bertz CT molecular complexity index is 765. The highest BCUT2D eigenvalue weighted by Gasteiger charge is 2.37. The fourth-order valence-electron chi connectivity index (χ4n) is 3.42. The van der Waals surface area contributed by atoms with Crippen molar-refractivity contribution < 1.29 is 14.6 Å². The van der Waals surface area contributed by atoms with Crippen molar-refractivity contribution in [3.63, 3.8) is 0 Å². The minimum Gasteiger partial charge on any atom is -0.496 e. The summed E-state index contributed by atoms with van der Waals surface area (Å²) in [6.07, 6.45) is 2.63. The Balaban J connectivity index is 2.13. The number of carbonyl (C=O) groups is 1. The molecule has 4 nitrogen and oxygen atoms in total. The number of hydrogen-bond acceptors (Lipinski definition) is 4. The van der Waals surface area contributed by atoms with Gasteiger partial charge in [-0.15, -0.1) is 11.3 Å². The Hall–Kier alpha value is -0.890. The van der Waals surface area contributed by atoms with Crippen LogP contribution in [0.4, 0.5) is 0 Å². The summed E-state index contributed by atoms with van der Waals surface area (Å²) in [6.45, 7) is 0.757. The van der Waals surface area contributed by atoms with E-state index in [4.69, 9.17) is 4.74 Å². The van der Waals surface area contributed by atoms with Gasteiger partial charge in [0, 0.05) is 14.9 Å². The average Bonchev–Trinajstić information content (AvgIpc) is 3.02. The van der Waals surface area contributed by atoms with E-state index in [1.165, 1.54) is 0 Å². The number of methoxy groups -OCH3 is 1. The van der Waals surface area contributed by atoms with Gasteiger partial charge in [-0.05, 0) is 65.6 Å². The van der Waals surface area contributed by atoms with Crippen LogP contribution in [0, 0.1) is 0 Å². The summed E-state index contributed by atoms with van der Waals surface area (Å²) < 4.78 is 7.58. The van der Waals surface area contributed by atoms with E-state index < -0.39 is 12.0 Å². The first-order valence-electron chi connectivity index (χ1n) is 8.08. The molecule has 1 aliphatic heterocycles. The molecule has 134 valence electrons. The predicted molar refractivity (Wildman–Crippen MR) is 107 cm³/mol. The van der Waals surface area contributed by atoms with Gasteiger partial charge in [-0.1, -0.05) is 22.4 Å². The molecule has 1 aromatic carbocycles. The lowest BCUT2D eigenvalue weighted by atomic mass is 9.95. The van der Waals surface area contributed by atoms with E-state index in [0.29, 0.717) is 6.42 Å². The molecule has 3 rings (SSSR count). The van der Waals surface area contributed by atoms with Crippen LogP contribution in [0.1, 0.15) is 35.7 Å². The van der Waals surface area contributed by atoms with Crippen LogP contribution in [0.5, 0.6) is 5.75 Å². The third-order valence-corrected chi connectivity index (χ3v) is 6.68. The van der Waals surface area contributed by atoms with Crippen molar-refractivity contribution in [1.82, 2.24) is 4.90 Å².